The summed E-state index contributed by atoms with van der Waals surface area (Å²) in [6.07, 6.45) is 3.25. The first-order valence-electron chi connectivity index (χ1n) is 9.19. The minimum absolute atomic E-state index is 0.136. The summed E-state index contributed by atoms with van der Waals surface area (Å²) in [5.41, 5.74) is 7.27. The van der Waals surface area contributed by atoms with E-state index in [4.69, 9.17) is 10.5 Å². The SMILES string of the molecule is C[C@H]1CCc2c(ccc(-c3cnn(C4CC4)c3)c2O[C@H](F)C(N)=O)N1C(=O)O. The number of amides is 2. The molecule has 1 saturated carbocycles. The summed E-state index contributed by atoms with van der Waals surface area (Å²) in [4.78, 5) is 24.2. The Bertz CT molecular complexity index is 940. The summed E-state index contributed by atoms with van der Waals surface area (Å²) >= 11 is 0. The molecule has 2 aromatic rings. The maximum Gasteiger partial charge on any atom is 0.412 e. The molecule has 1 aromatic carbocycles. The molecule has 3 N–H and O–H groups in total. The second-order valence-corrected chi connectivity index (χ2v) is 7.26. The number of alkyl halides is 1. The Labute approximate surface area is 160 Å². The van der Waals surface area contributed by atoms with Gasteiger partial charge in [-0.15, -0.1) is 0 Å². The van der Waals surface area contributed by atoms with Crippen LogP contribution < -0.4 is 15.4 Å². The van der Waals surface area contributed by atoms with Crippen molar-refractivity contribution in [2.75, 3.05) is 4.90 Å². The van der Waals surface area contributed by atoms with Crippen molar-refractivity contribution in [1.29, 1.82) is 0 Å². The number of anilines is 1. The van der Waals surface area contributed by atoms with E-state index in [0.29, 0.717) is 41.3 Å². The van der Waals surface area contributed by atoms with E-state index in [2.05, 4.69) is 5.10 Å². The standard InChI is InChI=1S/C19H21FN4O4/c1-10-2-5-14-15(24(10)19(26)27)7-6-13(16(14)28-17(20)18(21)25)11-8-22-23(9-11)12-3-4-12/h6-10,12,17H,2-5H2,1H3,(H2,21,25)(H,26,27)/t10-,17-/m0/s1. The quantitative estimate of drug-likeness (QED) is 0.818. The zero-order valence-electron chi connectivity index (χ0n) is 15.3. The first-order valence-corrected chi connectivity index (χ1v) is 9.19. The Kier molecular flexibility index (Phi) is 4.44. The summed E-state index contributed by atoms with van der Waals surface area (Å²) in [5.74, 6) is -1.10. The third-order valence-corrected chi connectivity index (χ3v) is 5.23. The maximum absolute atomic E-state index is 14.1. The summed E-state index contributed by atoms with van der Waals surface area (Å²) in [7, 11) is 0. The second kappa shape index (κ2) is 6.81. The highest BCUT2D eigenvalue weighted by atomic mass is 19.1. The van der Waals surface area contributed by atoms with Crippen molar-refractivity contribution in [3.8, 4) is 16.9 Å². The predicted molar refractivity (Wildman–Crippen MR) is 98.9 cm³/mol. The highest BCUT2D eigenvalue weighted by Gasteiger charge is 2.33. The lowest BCUT2D eigenvalue weighted by molar-refractivity contribution is -0.131. The number of aromatic nitrogens is 2. The van der Waals surface area contributed by atoms with Crippen molar-refractivity contribution < 1.29 is 23.8 Å². The fraction of sp³-hybridized carbons (Fsp3) is 0.421. The van der Waals surface area contributed by atoms with E-state index in [1.807, 2.05) is 17.8 Å². The zero-order valence-corrected chi connectivity index (χ0v) is 15.3. The van der Waals surface area contributed by atoms with Crippen LogP contribution in [0.3, 0.4) is 0 Å². The summed E-state index contributed by atoms with van der Waals surface area (Å²) in [5, 5.41) is 13.9. The first kappa shape index (κ1) is 18.3. The zero-order chi connectivity index (χ0) is 20.0. The van der Waals surface area contributed by atoms with E-state index in [0.717, 1.165) is 12.8 Å². The molecule has 1 aliphatic carbocycles. The van der Waals surface area contributed by atoms with Crippen LogP contribution in [0.2, 0.25) is 0 Å². The lowest BCUT2D eigenvalue weighted by Crippen LogP contribution is -2.41. The van der Waals surface area contributed by atoms with Gasteiger partial charge in [-0.1, -0.05) is 0 Å². The van der Waals surface area contributed by atoms with Gasteiger partial charge in [-0.05, 0) is 44.7 Å². The van der Waals surface area contributed by atoms with E-state index >= 15 is 0 Å². The number of hydrogen-bond acceptors (Lipinski definition) is 4. The van der Waals surface area contributed by atoms with Gasteiger partial charge in [-0.2, -0.15) is 9.49 Å². The number of halogens is 1. The lowest BCUT2D eigenvalue weighted by atomic mass is 9.92. The molecule has 0 saturated heterocycles. The summed E-state index contributed by atoms with van der Waals surface area (Å²) in [6.45, 7) is 1.81. The minimum atomic E-state index is -2.33. The average Bonchev–Trinajstić information content (AvgIpc) is 3.38. The number of carbonyl (C=O) groups excluding carboxylic acids is 1. The van der Waals surface area contributed by atoms with Crippen LogP contribution in [-0.4, -0.2) is 39.3 Å². The van der Waals surface area contributed by atoms with Gasteiger partial charge in [0, 0.05) is 28.9 Å². The molecule has 148 valence electrons. The number of primary amides is 1. The van der Waals surface area contributed by atoms with Gasteiger partial charge in [0.05, 0.1) is 17.9 Å². The summed E-state index contributed by atoms with van der Waals surface area (Å²) in [6, 6.07) is 3.51. The van der Waals surface area contributed by atoms with Crippen LogP contribution in [-0.2, 0) is 11.2 Å². The fourth-order valence-corrected chi connectivity index (χ4v) is 3.64. The maximum atomic E-state index is 14.1. The molecule has 28 heavy (non-hydrogen) atoms. The van der Waals surface area contributed by atoms with Gasteiger partial charge in [-0.25, -0.2) is 4.79 Å². The van der Waals surface area contributed by atoms with Gasteiger partial charge in [0.25, 0.3) is 5.91 Å². The topological polar surface area (TPSA) is 111 Å². The van der Waals surface area contributed by atoms with Crippen molar-refractivity contribution in [2.24, 2.45) is 5.73 Å². The molecule has 1 aromatic heterocycles. The fourth-order valence-electron chi connectivity index (χ4n) is 3.64. The number of benzene rings is 1. The van der Waals surface area contributed by atoms with Crippen LogP contribution in [0.4, 0.5) is 14.9 Å². The Hall–Kier alpha value is -3.10. The number of carbonyl (C=O) groups is 2. The van der Waals surface area contributed by atoms with Crippen LogP contribution in [0.5, 0.6) is 5.75 Å². The number of rotatable bonds is 5. The molecule has 1 aliphatic heterocycles. The minimum Gasteiger partial charge on any atom is -0.465 e. The van der Waals surface area contributed by atoms with Crippen molar-refractivity contribution in [3.63, 3.8) is 0 Å². The molecule has 9 heteroatoms. The molecule has 0 spiro atoms. The van der Waals surface area contributed by atoms with E-state index < -0.39 is 18.4 Å². The number of fused-ring (bicyclic) bond motifs is 1. The molecular weight excluding hydrogens is 367 g/mol. The van der Waals surface area contributed by atoms with E-state index in [1.165, 1.54) is 4.90 Å². The molecule has 2 heterocycles. The number of carboxylic acid groups (broad SMARTS) is 1. The van der Waals surface area contributed by atoms with Crippen LogP contribution in [0.1, 0.15) is 37.8 Å². The highest BCUT2D eigenvalue weighted by Crippen LogP contribution is 2.44. The third kappa shape index (κ3) is 3.17. The molecule has 0 unspecified atom stereocenters. The monoisotopic (exact) mass is 388 g/mol. The van der Waals surface area contributed by atoms with Gasteiger partial charge in [-0.3, -0.25) is 14.4 Å². The Morgan fingerprint density at radius 1 is 1.36 bits per heavy atom. The molecule has 0 bridgehead atoms. The molecule has 2 aliphatic rings. The highest BCUT2D eigenvalue weighted by molar-refractivity contribution is 5.91. The van der Waals surface area contributed by atoms with Crippen molar-refractivity contribution in [3.05, 3.63) is 30.1 Å². The number of nitrogens with two attached hydrogens (primary N) is 1. The second-order valence-electron chi connectivity index (χ2n) is 7.26. The predicted octanol–water partition coefficient (Wildman–Crippen LogP) is 2.86. The third-order valence-electron chi connectivity index (χ3n) is 5.23. The smallest absolute Gasteiger partial charge is 0.412 e. The van der Waals surface area contributed by atoms with Gasteiger partial charge < -0.3 is 15.6 Å². The van der Waals surface area contributed by atoms with Crippen LogP contribution in [0.25, 0.3) is 11.1 Å². The van der Waals surface area contributed by atoms with Crippen LogP contribution >= 0.6 is 0 Å². The van der Waals surface area contributed by atoms with Gasteiger partial charge in [0.1, 0.15) is 5.75 Å². The number of nitrogens with zero attached hydrogens (tertiary/aromatic N) is 3. The molecule has 2 amide bonds. The lowest BCUT2D eigenvalue weighted by Gasteiger charge is -2.34. The molecule has 0 radical (unpaired) electrons. The molecule has 8 nitrogen and oxygen atoms in total. The Morgan fingerprint density at radius 3 is 2.75 bits per heavy atom. The largest absolute Gasteiger partial charge is 0.465 e. The van der Waals surface area contributed by atoms with Crippen molar-refractivity contribution >= 4 is 17.7 Å². The van der Waals surface area contributed by atoms with Crippen molar-refractivity contribution in [2.45, 2.75) is 51.0 Å². The van der Waals surface area contributed by atoms with E-state index in [1.54, 1.807) is 18.3 Å². The molecular formula is C19H21FN4O4. The van der Waals surface area contributed by atoms with Gasteiger partial charge in [0.15, 0.2) is 0 Å². The van der Waals surface area contributed by atoms with Gasteiger partial charge in [0.2, 0.25) is 0 Å². The van der Waals surface area contributed by atoms with E-state index in [9.17, 15) is 19.1 Å². The number of hydrogen-bond donors (Lipinski definition) is 2. The average molecular weight is 388 g/mol. The van der Waals surface area contributed by atoms with Crippen LogP contribution in [0.15, 0.2) is 24.5 Å². The number of ether oxygens (including phenoxy) is 1. The molecule has 4 rings (SSSR count). The summed E-state index contributed by atoms with van der Waals surface area (Å²) < 4.78 is 21.3. The first-order chi connectivity index (χ1) is 13.4. The molecule has 1 fully saturated rings. The van der Waals surface area contributed by atoms with Gasteiger partial charge >= 0.3 is 12.5 Å². The Morgan fingerprint density at radius 2 is 2.11 bits per heavy atom. The van der Waals surface area contributed by atoms with E-state index in [-0.39, 0.29) is 11.8 Å². The Balaban J connectivity index is 1.83. The molecule has 2 atom stereocenters. The van der Waals surface area contributed by atoms with Crippen LogP contribution in [0, 0.1) is 0 Å². The van der Waals surface area contributed by atoms with Crippen molar-refractivity contribution in [1.82, 2.24) is 9.78 Å². The normalized spacial score (nSPS) is 19.8.